The Bertz CT molecular complexity index is 508. The molecule has 2 N–H and O–H groups in total. The molecule has 6 nitrogen and oxygen atoms in total. The summed E-state index contributed by atoms with van der Waals surface area (Å²) in [6.07, 6.45) is 2.45. The number of H-pyrrole nitrogens is 1. The normalized spacial score (nSPS) is 20.4. The zero-order valence-electron chi connectivity index (χ0n) is 8.40. The van der Waals surface area contributed by atoms with E-state index in [0.717, 1.165) is 24.4 Å². The molecule has 0 aliphatic carbocycles. The molecule has 7 heteroatoms. The maximum Gasteiger partial charge on any atom is 0.202 e. The molecule has 1 atom stereocenters. The molecule has 0 saturated carbocycles. The Balaban J connectivity index is 1.95. The molecule has 1 fully saturated rings. The van der Waals surface area contributed by atoms with Crippen LogP contribution < -0.4 is 5.32 Å². The number of halogens is 1. The maximum absolute atomic E-state index is 5.78. The van der Waals surface area contributed by atoms with Gasteiger partial charge in [-0.15, -0.1) is 0 Å². The number of nitrogens with one attached hydrogen (secondary N) is 2. The van der Waals surface area contributed by atoms with Crippen LogP contribution in [-0.2, 0) is 4.74 Å². The zero-order chi connectivity index (χ0) is 11.0. The van der Waals surface area contributed by atoms with E-state index in [1.54, 1.807) is 0 Å². The van der Waals surface area contributed by atoms with Crippen molar-refractivity contribution in [3.63, 3.8) is 0 Å². The topological polar surface area (TPSA) is 75.7 Å². The van der Waals surface area contributed by atoms with Crippen molar-refractivity contribution in [1.82, 2.24) is 19.9 Å². The SMILES string of the molecule is Clc1nc2ncnc(N[C@@H]3CCOC3)c2[nH]1. The third kappa shape index (κ3) is 1.70. The number of imidazole rings is 1. The zero-order valence-corrected chi connectivity index (χ0v) is 9.16. The third-order valence-corrected chi connectivity index (χ3v) is 2.71. The summed E-state index contributed by atoms with van der Waals surface area (Å²) in [6.45, 7) is 1.49. The predicted molar refractivity (Wildman–Crippen MR) is 59.5 cm³/mol. The molecule has 0 bridgehead atoms. The van der Waals surface area contributed by atoms with Crippen molar-refractivity contribution >= 4 is 28.6 Å². The summed E-state index contributed by atoms with van der Waals surface area (Å²) in [4.78, 5) is 15.2. The van der Waals surface area contributed by atoms with Gasteiger partial charge in [-0.3, -0.25) is 0 Å². The van der Waals surface area contributed by atoms with Gasteiger partial charge in [-0.05, 0) is 18.0 Å². The fraction of sp³-hybridized carbons (Fsp3) is 0.444. The van der Waals surface area contributed by atoms with Gasteiger partial charge in [-0.25, -0.2) is 9.97 Å². The highest BCUT2D eigenvalue weighted by Crippen LogP contribution is 2.20. The largest absolute Gasteiger partial charge is 0.379 e. The van der Waals surface area contributed by atoms with Crippen LogP contribution in [-0.4, -0.2) is 39.2 Å². The highest BCUT2D eigenvalue weighted by molar-refractivity contribution is 6.29. The first-order valence-corrected chi connectivity index (χ1v) is 5.41. The first-order chi connectivity index (χ1) is 7.83. The van der Waals surface area contributed by atoms with Crippen molar-refractivity contribution in [2.45, 2.75) is 12.5 Å². The van der Waals surface area contributed by atoms with Crippen LogP contribution in [0.4, 0.5) is 5.82 Å². The number of hydrogen-bond acceptors (Lipinski definition) is 5. The van der Waals surface area contributed by atoms with Crippen LogP contribution in [0.3, 0.4) is 0 Å². The summed E-state index contributed by atoms with van der Waals surface area (Å²) in [5.74, 6) is 0.722. The van der Waals surface area contributed by atoms with E-state index in [1.807, 2.05) is 0 Å². The van der Waals surface area contributed by atoms with E-state index in [4.69, 9.17) is 16.3 Å². The molecule has 0 amide bonds. The summed E-state index contributed by atoms with van der Waals surface area (Å²) >= 11 is 5.78. The van der Waals surface area contributed by atoms with E-state index >= 15 is 0 Å². The Morgan fingerprint density at radius 3 is 3.25 bits per heavy atom. The molecule has 2 aromatic rings. The lowest BCUT2D eigenvalue weighted by molar-refractivity contribution is 0.195. The second kappa shape index (κ2) is 3.88. The first-order valence-electron chi connectivity index (χ1n) is 5.03. The lowest BCUT2D eigenvalue weighted by Gasteiger charge is -2.10. The van der Waals surface area contributed by atoms with Crippen LogP contribution >= 0.6 is 11.6 Å². The maximum atomic E-state index is 5.78. The number of anilines is 1. The molecular formula is C9H10ClN5O. The minimum Gasteiger partial charge on any atom is -0.379 e. The number of ether oxygens (including phenoxy) is 1. The number of aromatic amines is 1. The van der Waals surface area contributed by atoms with E-state index in [-0.39, 0.29) is 0 Å². The Labute approximate surface area is 96.4 Å². The molecule has 3 heterocycles. The van der Waals surface area contributed by atoms with Gasteiger partial charge in [0.1, 0.15) is 11.8 Å². The Morgan fingerprint density at radius 2 is 2.44 bits per heavy atom. The smallest absolute Gasteiger partial charge is 0.202 e. The number of fused-ring (bicyclic) bond motifs is 1. The molecule has 0 aromatic carbocycles. The van der Waals surface area contributed by atoms with Gasteiger partial charge >= 0.3 is 0 Å². The van der Waals surface area contributed by atoms with Crippen LogP contribution in [0.5, 0.6) is 0 Å². The molecule has 2 aromatic heterocycles. The van der Waals surface area contributed by atoms with Gasteiger partial charge in [0, 0.05) is 6.61 Å². The number of nitrogens with zero attached hydrogens (tertiary/aromatic N) is 3. The van der Waals surface area contributed by atoms with Crippen LogP contribution in [0.1, 0.15) is 6.42 Å². The minimum atomic E-state index is 0.292. The van der Waals surface area contributed by atoms with Crippen molar-refractivity contribution < 1.29 is 4.74 Å². The molecule has 16 heavy (non-hydrogen) atoms. The summed E-state index contributed by atoms with van der Waals surface area (Å²) in [5, 5.41) is 3.61. The summed E-state index contributed by atoms with van der Waals surface area (Å²) in [7, 11) is 0. The standard InChI is InChI=1S/C9H10ClN5O/c10-9-14-6-7(11-4-12-8(6)15-9)13-5-1-2-16-3-5/h4-5H,1-3H2,(H2,11,12,13,14,15)/t5-/m1/s1. The van der Waals surface area contributed by atoms with Crippen LogP contribution in [0, 0.1) is 0 Å². The highest BCUT2D eigenvalue weighted by atomic mass is 35.5. The van der Waals surface area contributed by atoms with Gasteiger partial charge in [0.2, 0.25) is 5.28 Å². The van der Waals surface area contributed by atoms with Crippen molar-refractivity contribution in [2.75, 3.05) is 18.5 Å². The van der Waals surface area contributed by atoms with Crippen molar-refractivity contribution in [3.8, 4) is 0 Å². The lowest BCUT2D eigenvalue weighted by atomic mass is 10.2. The molecule has 0 radical (unpaired) electrons. The first kappa shape index (κ1) is 9.80. The molecule has 1 saturated heterocycles. The molecule has 1 aliphatic heterocycles. The number of rotatable bonds is 2. The Kier molecular flexibility index (Phi) is 2.37. The van der Waals surface area contributed by atoms with E-state index in [1.165, 1.54) is 6.33 Å². The van der Waals surface area contributed by atoms with Crippen LogP contribution in [0.25, 0.3) is 11.2 Å². The molecule has 84 valence electrons. The van der Waals surface area contributed by atoms with Crippen molar-refractivity contribution in [2.24, 2.45) is 0 Å². The molecule has 3 rings (SSSR count). The Morgan fingerprint density at radius 1 is 1.50 bits per heavy atom. The van der Waals surface area contributed by atoms with Gasteiger partial charge in [-0.1, -0.05) is 0 Å². The quantitative estimate of drug-likeness (QED) is 0.771. The average molecular weight is 240 g/mol. The van der Waals surface area contributed by atoms with E-state index in [0.29, 0.717) is 23.6 Å². The van der Waals surface area contributed by atoms with Crippen molar-refractivity contribution in [3.05, 3.63) is 11.6 Å². The highest BCUT2D eigenvalue weighted by Gasteiger charge is 2.17. The second-order valence-corrected chi connectivity index (χ2v) is 4.01. The van der Waals surface area contributed by atoms with Gasteiger partial charge in [0.25, 0.3) is 0 Å². The molecule has 1 aliphatic rings. The summed E-state index contributed by atoms with van der Waals surface area (Å²) in [5.41, 5.74) is 1.31. The lowest BCUT2D eigenvalue weighted by Crippen LogP contribution is -2.19. The summed E-state index contributed by atoms with van der Waals surface area (Å²) < 4.78 is 5.29. The molecule has 0 spiro atoms. The third-order valence-electron chi connectivity index (χ3n) is 2.53. The minimum absolute atomic E-state index is 0.292. The Hall–Kier alpha value is -1.40. The van der Waals surface area contributed by atoms with Crippen molar-refractivity contribution in [1.29, 1.82) is 0 Å². The van der Waals surface area contributed by atoms with Gasteiger partial charge in [-0.2, -0.15) is 4.98 Å². The predicted octanol–water partition coefficient (Wildman–Crippen LogP) is 1.21. The second-order valence-electron chi connectivity index (χ2n) is 3.65. The van der Waals surface area contributed by atoms with Gasteiger partial charge in [0.05, 0.1) is 12.6 Å². The average Bonchev–Trinajstić information content (AvgIpc) is 2.86. The molecular weight excluding hydrogens is 230 g/mol. The summed E-state index contributed by atoms with van der Waals surface area (Å²) in [6, 6.07) is 0.292. The van der Waals surface area contributed by atoms with E-state index < -0.39 is 0 Å². The molecule has 0 unspecified atom stereocenters. The van der Waals surface area contributed by atoms with E-state index in [9.17, 15) is 0 Å². The monoisotopic (exact) mass is 239 g/mol. The fourth-order valence-electron chi connectivity index (χ4n) is 1.75. The van der Waals surface area contributed by atoms with Gasteiger partial charge < -0.3 is 15.0 Å². The number of hydrogen-bond donors (Lipinski definition) is 2. The van der Waals surface area contributed by atoms with Crippen LogP contribution in [0.2, 0.25) is 5.28 Å². The van der Waals surface area contributed by atoms with Gasteiger partial charge in [0.15, 0.2) is 11.5 Å². The van der Waals surface area contributed by atoms with Crippen LogP contribution in [0.15, 0.2) is 6.33 Å². The number of aromatic nitrogens is 4. The fourth-order valence-corrected chi connectivity index (χ4v) is 1.93. The van der Waals surface area contributed by atoms with E-state index in [2.05, 4.69) is 25.3 Å².